The van der Waals surface area contributed by atoms with E-state index in [0.29, 0.717) is 12.0 Å². The van der Waals surface area contributed by atoms with Crippen LogP contribution < -0.4 is 5.32 Å². The minimum absolute atomic E-state index is 0.173. The highest BCUT2D eigenvalue weighted by Crippen LogP contribution is 2.20. The average Bonchev–Trinajstić information content (AvgIpc) is 2.01. The zero-order valence-electron chi connectivity index (χ0n) is 9.60. The normalized spacial score (nSPS) is 19.5. The molecular weight excluding hydrogens is 176 g/mol. The van der Waals surface area contributed by atoms with Crippen LogP contribution in [0.4, 0.5) is 0 Å². The summed E-state index contributed by atoms with van der Waals surface area (Å²) >= 11 is 0. The van der Waals surface area contributed by atoms with E-state index in [1.807, 2.05) is 0 Å². The largest absolute Gasteiger partial charge is 0.354 e. The molecule has 14 heavy (non-hydrogen) atoms. The van der Waals surface area contributed by atoms with E-state index in [1.54, 1.807) is 0 Å². The predicted octanol–water partition coefficient (Wildman–Crippen LogP) is 1.24. The smallest absolute Gasteiger partial charge is 0.234 e. The molecule has 0 bridgehead atoms. The number of amides is 1. The van der Waals surface area contributed by atoms with Crippen molar-refractivity contribution >= 4 is 5.91 Å². The zero-order chi connectivity index (χ0) is 10.6. The SMILES string of the molecule is CC(C)(C)CCCN1CCNC(=O)C1. The van der Waals surface area contributed by atoms with Gasteiger partial charge in [0, 0.05) is 13.1 Å². The van der Waals surface area contributed by atoms with Crippen LogP contribution in [0.1, 0.15) is 33.6 Å². The number of rotatable bonds is 3. The lowest BCUT2D eigenvalue weighted by molar-refractivity contribution is -0.124. The second-order valence-corrected chi connectivity index (χ2v) is 5.29. The van der Waals surface area contributed by atoms with Crippen molar-refractivity contribution < 1.29 is 4.79 Å². The highest BCUT2D eigenvalue weighted by atomic mass is 16.2. The van der Waals surface area contributed by atoms with Gasteiger partial charge in [-0.25, -0.2) is 0 Å². The lowest BCUT2D eigenvalue weighted by Gasteiger charge is -2.27. The molecule has 1 aliphatic rings. The molecule has 0 spiro atoms. The van der Waals surface area contributed by atoms with Crippen molar-refractivity contribution in [2.45, 2.75) is 33.6 Å². The van der Waals surface area contributed by atoms with Gasteiger partial charge >= 0.3 is 0 Å². The van der Waals surface area contributed by atoms with Crippen molar-refractivity contribution in [2.24, 2.45) is 5.41 Å². The molecule has 1 N–H and O–H groups in total. The molecule has 3 nitrogen and oxygen atoms in total. The van der Waals surface area contributed by atoms with Crippen LogP contribution in [0, 0.1) is 5.41 Å². The van der Waals surface area contributed by atoms with Crippen molar-refractivity contribution in [1.29, 1.82) is 0 Å². The van der Waals surface area contributed by atoms with Crippen LogP contribution in [-0.4, -0.2) is 37.0 Å². The Morgan fingerprint density at radius 2 is 2.14 bits per heavy atom. The van der Waals surface area contributed by atoms with Gasteiger partial charge in [0.2, 0.25) is 5.91 Å². The van der Waals surface area contributed by atoms with E-state index in [0.717, 1.165) is 19.6 Å². The minimum atomic E-state index is 0.173. The molecule has 1 heterocycles. The van der Waals surface area contributed by atoms with E-state index in [2.05, 4.69) is 31.0 Å². The summed E-state index contributed by atoms with van der Waals surface area (Å²) in [4.78, 5) is 13.3. The summed E-state index contributed by atoms with van der Waals surface area (Å²) in [5.74, 6) is 0.173. The van der Waals surface area contributed by atoms with E-state index in [9.17, 15) is 4.79 Å². The monoisotopic (exact) mass is 198 g/mol. The van der Waals surface area contributed by atoms with Gasteiger partial charge in [-0.2, -0.15) is 0 Å². The van der Waals surface area contributed by atoms with Crippen LogP contribution in [0.5, 0.6) is 0 Å². The zero-order valence-corrected chi connectivity index (χ0v) is 9.60. The molecule has 0 aromatic heterocycles. The number of piperazine rings is 1. The van der Waals surface area contributed by atoms with E-state index in [1.165, 1.54) is 12.8 Å². The minimum Gasteiger partial charge on any atom is -0.354 e. The van der Waals surface area contributed by atoms with E-state index in [4.69, 9.17) is 0 Å². The number of carbonyl (C=O) groups excluding carboxylic acids is 1. The van der Waals surface area contributed by atoms with Crippen LogP contribution in [0.15, 0.2) is 0 Å². The lowest BCUT2D eigenvalue weighted by atomic mass is 9.90. The maximum absolute atomic E-state index is 11.1. The molecule has 1 saturated heterocycles. The summed E-state index contributed by atoms with van der Waals surface area (Å²) in [7, 11) is 0. The molecule has 0 aliphatic carbocycles. The molecule has 0 unspecified atom stereocenters. The Labute approximate surface area is 86.9 Å². The third kappa shape index (κ3) is 4.61. The van der Waals surface area contributed by atoms with E-state index in [-0.39, 0.29) is 5.91 Å². The maximum Gasteiger partial charge on any atom is 0.234 e. The van der Waals surface area contributed by atoms with Gasteiger partial charge in [0.25, 0.3) is 0 Å². The Balaban J connectivity index is 2.15. The lowest BCUT2D eigenvalue weighted by Crippen LogP contribution is -2.47. The topological polar surface area (TPSA) is 32.3 Å². The first-order chi connectivity index (χ1) is 6.47. The summed E-state index contributed by atoms with van der Waals surface area (Å²) in [6, 6.07) is 0. The number of hydrogen-bond acceptors (Lipinski definition) is 2. The number of nitrogens with one attached hydrogen (secondary N) is 1. The van der Waals surface area contributed by atoms with Crippen LogP contribution in [0.2, 0.25) is 0 Å². The van der Waals surface area contributed by atoms with Crippen molar-refractivity contribution in [3.63, 3.8) is 0 Å². The summed E-state index contributed by atoms with van der Waals surface area (Å²) in [5.41, 5.74) is 0.415. The van der Waals surface area contributed by atoms with Gasteiger partial charge in [0.1, 0.15) is 0 Å². The Kier molecular flexibility index (Phi) is 3.93. The molecule has 82 valence electrons. The van der Waals surface area contributed by atoms with Crippen molar-refractivity contribution in [3.8, 4) is 0 Å². The quantitative estimate of drug-likeness (QED) is 0.740. The molecule has 1 aliphatic heterocycles. The molecule has 0 atom stereocenters. The third-order valence-corrected chi connectivity index (χ3v) is 2.52. The predicted molar refractivity (Wildman–Crippen MR) is 58.1 cm³/mol. The van der Waals surface area contributed by atoms with Gasteiger partial charge in [-0.15, -0.1) is 0 Å². The fraction of sp³-hybridized carbons (Fsp3) is 0.909. The fourth-order valence-electron chi connectivity index (χ4n) is 1.72. The van der Waals surface area contributed by atoms with E-state index < -0.39 is 0 Å². The summed E-state index contributed by atoms with van der Waals surface area (Å²) in [6.45, 7) is 10.3. The average molecular weight is 198 g/mol. The van der Waals surface area contributed by atoms with Crippen LogP contribution in [0.25, 0.3) is 0 Å². The van der Waals surface area contributed by atoms with Gasteiger partial charge in [-0.3, -0.25) is 9.69 Å². The van der Waals surface area contributed by atoms with Crippen molar-refractivity contribution in [3.05, 3.63) is 0 Å². The van der Waals surface area contributed by atoms with Gasteiger partial charge in [-0.05, 0) is 24.8 Å². The Bertz CT molecular complexity index is 196. The summed E-state index contributed by atoms with van der Waals surface area (Å²) in [6.07, 6.45) is 2.42. The standard InChI is InChI=1S/C11H22N2O/c1-11(2,3)5-4-7-13-8-6-12-10(14)9-13/h4-9H2,1-3H3,(H,12,14). The third-order valence-electron chi connectivity index (χ3n) is 2.52. The maximum atomic E-state index is 11.1. The molecule has 1 amide bonds. The summed E-state index contributed by atoms with van der Waals surface area (Å²) < 4.78 is 0. The first kappa shape index (κ1) is 11.5. The van der Waals surface area contributed by atoms with Crippen LogP contribution in [0.3, 0.4) is 0 Å². The molecule has 0 aromatic carbocycles. The molecule has 1 rings (SSSR count). The molecular formula is C11H22N2O. The highest BCUT2D eigenvalue weighted by Gasteiger charge is 2.16. The van der Waals surface area contributed by atoms with Crippen molar-refractivity contribution in [2.75, 3.05) is 26.2 Å². The fourth-order valence-corrected chi connectivity index (χ4v) is 1.72. The second-order valence-electron chi connectivity index (χ2n) is 5.29. The molecule has 0 aromatic rings. The number of nitrogens with zero attached hydrogens (tertiary/aromatic N) is 1. The molecule has 1 fully saturated rings. The van der Waals surface area contributed by atoms with Crippen molar-refractivity contribution in [1.82, 2.24) is 10.2 Å². The Morgan fingerprint density at radius 1 is 1.43 bits per heavy atom. The Morgan fingerprint density at radius 3 is 2.71 bits per heavy atom. The van der Waals surface area contributed by atoms with Gasteiger partial charge in [0.15, 0.2) is 0 Å². The first-order valence-corrected chi connectivity index (χ1v) is 5.46. The molecule has 3 heteroatoms. The van der Waals surface area contributed by atoms with Crippen LogP contribution >= 0.6 is 0 Å². The number of hydrogen-bond donors (Lipinski definition) is 1. The van der Waals surface area contributed by atoms with Gasteiger partial charge in [0.05, 0.1) is 6.54 Å². The summed E-state index contributed by atoms with van der Waals surface area (Å²) in [5, 5.41) is 2.84. The second kappa shape index (κ2) is 4.78. The van der Waals surface area contributed by atoms with Gasteiger partial charge in [-0.1, -0.05) is 20.8 Å². The molecule has 0 radical (unpaired) electrons. The Hall–Kier alpha value is -0.570. The van der Waals surface area contributed by atoms with E-state index >= 15 is 0 Å². The number of carbonyl (C=O) groups is 1. The first-order valence-electron chi connectivity index (χ1n) is 5.46. The van der Waals surface area contributed by atoms with Gasteiger partial charge < -0.3 is 5.32 Å². The molecule has 0 saturated carbocycles. The van der Waals surface area contributed by atoms with Crippen LogP contribution in [-0.2, 0) is 4.79 Å². The highest BCUT2D eigenvalue weighted by molar-refractivity contribution is 5.78.